The molecular formula is C15H18N2O4. The van der Waals surface area contributed by atoms with Gasteiger partial charge >= 0.3 is 5.97 Å². The lowest BCUT2D eigenvalue weighted by molar-refractivity contribution is -0.117. The van der Waals surface area contributed by atoms with E-state index in [9.17, 15) is 14.7 Å². The fraction of sp³-hybridized carbons (Fsp3) is 0.467. The van der Waals surface area contributed by atoms with Gasteiger partial charge in [-0.05, 0) is 24.6 Å². The number of anilines is 2. The van der Waals surface area contributed by atoms with E-state index in [0.717, 1.165) is 25.2 Å². The van der Waals surface area contributed by atoms with Crippen LogP contribution in [0.2, 0.25) is 0 Å². The number of amides is 1. The third-order valence-corrected chi connectivity index (χ3v) is 3.91. The summed E-state index contributed by atoms with van der Waals surface area (Å²) in [5.74, 6) is -0.913. The van der Waals surface area contributed by atoms with Crippen LogP contribution in [-0.4, -0.2) is 49.8 Å². The van der Waals surface area contributed by atoms with Crippen LogP contribution in [0.4, 0.5) is 11.4 Å². The quantitative estimate of drug-likeness (QED) is 0.910. The summed E-state index contributed by atoms with van der Waals surface area (Å²) in [7, 11) is 0. The van der Waals surface area contributed by atoms with Crippen LogP contribution in [0.5, 0.6) is 0 Å². The van der Waals surface area contributed by atoms with Gasteiger partial charge in [0.1, 0.15) is 0 Å². The molecule has 0 aliphatic carbocycles. The molecule has 1 aromatic carbocycles. The number of carboxylic acids is 1. The molecule has 6 nitrogen and oxygen atoms in total. The first-order chi connectivity index (χ1) is 10.1. The summed E-state index contributed by atoms with van der Waals surface area (Å²) in [4.78, 5) is 27.0. The molecule has 1 aromatic rings. The molecule has 0 aromatic heterocycles. The fourth-order valence-corrected chi connectivity index (χ4v) is 2.80. The average Bonchev–Trinajstić information content (AvgIpc) is 2.94. The minimum Gasteiger partial charge on any atom is -0.478 e. The zero-order chi connectivity index (χ0) is 14.8. The van der Waals surface area contributed by atoms with Crippen molar-refractivity contribution in [2.75, 3.05) is 42.6 Å². The molecule has 2 fully saturated rings. The molecule has 2 aliphatic rings. The number of benzene rings is 1. The molecule has 3 rings (SSSR count). The Morgan fingerprint density at radius 1 is 1.10 bits per heavy atom. The van der Waals surface area contributed by atoms with Crippen molar-refractivity contribution < 1.29 is 19.4 Å². The van der Waals surface area contributed by atoms with Gasteiger partial charge in [0.25, 0.3) is 0 Å². The monoisotopic (exact) mass is 290 g/mol. The number of aromatic carboxylic acids is 1. The van der Waals surface area contributed by atoms with E-state index in [-0.39, 0.29) is 11.5 Å². The van der Waals surface area contributed by atoms with E-state index >= 15 is 0 Å². The second-order valence-corrected chi connectivity index (χ2v) is 5.29. The number of hydrogen-bond donors (Lipinski definition) is 1. The number of hydrogen-bond acceptors (Lipinski definition) is 4. The van der Waals surface area contributed by atoms with Gasteiger partial charge in [0, 0.05) is 37.4 Å². The van der Waals surface area contributed by atoms with Crippen LogP contribution in [0, 0.1) is 0 Å². The smallest absolute Gasteiger partial charge is 0.335 e. The predicted octanol–water partition coefficient (Wildman–Crippen LogP) is 1.35. The summed E-state index contributed by atoms with van der Waals surface area (Å²) >= 11 is 0. The molecule has 112 valence electrons. The Morgan fingerprint density at radius 2 is 1.81 bits per heavy atom. The van der Waals surface area contributed by atoms with Gasteiger partial charge in [-0.2, -0.15) is 0 Å². The van der Waals surface area contributed by atoms with Gasteiger partial charge in [-0.25, -0.2) is 4.79 Å². The highest BCUT2D eigenvalue weighted by atomic mass is 16.5. The van der Waals surface area contributed by atoms with Gasteiger partial charge < -0.3 is 19.6 Å². The molecular weight excluding hydrogens is 272 g/mol. The topological polar surface area (TPSA) is 70.1 Å². The number of rotatable bonds is 3. The molecule has 21 heavy (non-hydrogen) atoms. The maximum absolute atomic E-state index is 11.9. The minimum atomic E-state index is -0.974. The van der Waals surface area contributed by atoms with Crippen LogP contribution in [0.25, 0.3) is 0 Å². The van der Waals surface area contributed by atoms with Crippen molar-refractivity contribution in [2.24, 2.45) is 0 Å². The zero-order valence-electron chi connectivity index (χ0n) is 11.7. The SMILES string of the molecule is O=C(O)c1cc(N2CCOCC2)cc(N2CCCC2=O)c1. The molecule has 2 heterocycles. The van der Waals surface area contributed by atoms with E-state index in [1.165, 1.54) is 0 Å². The number of carbonyl (C=O) groups is 2. The van der Waals surface area contributed by atoms with Crippen molar-refractivity contribution in [1.29, 1.82) is 0 Å². The Kier molecular flexibility index (Phi) is 3.79. The van der Waals surface area contributed by atoms with Crippen molar-refractivity contribution >= 4 is 23.3 Å². The van der Waals surface area contributed by atoms with Crippen LogP contribution in [0.3, 0.4) is 0 Å². The van der Waals surface area contributed by atoms with E-state index in [1.807, 2.05) is 6.07 Å². The van der Waals surface area contributed by atoms with Crippen molar-refractivity contribution in [2.45, 2.75) is 12.8 Å². The molecule has 0 unspecified atom stereocenters. The number of ether oxygens (including phenoxy) is 1. The van der Waals surface area contributed by atoms with Gasteiger partial charge in [-0.15, -0.1) is 0 Å². The van der Waals surface area contributed by atoms with Crippen molar-refractivity contribution in [3.63, 3.8) is 0 Å². The lowest BCUT2D eigenvalue weighted by Gasteiger charge is -2.30. The Bertz CT molecular complexity index is 567. The lowest BCUT2D eigenvalue weighted by atomic mass is 10.1. The Morgan fingerprint density at radius 3 is 2.43 bits per heavy atom. The van der Waals surface area contributed by atoms with Crippen LogP contribution >= 0.6 is 0 Å². The molecule has 0 saturated carbocycles. The first-order valence-electron chi connectivity index (χ1n) is 7.16. The van der Waals surface area contributed by atoms with E-state index in [4.69, 9.17) is 4.74 Å². The van der Waals surface area contributed by atoms with Crippen LogP contribution in [0.15, 0.2) is 18.2 Å². The Hall–Kier alpha value is -2.08. The molecule has 1 amide bonds. The summed E-state index contributed by atoms with van der Waals surface area (Å²) < 4.78 is 5.32. The first kappa shape index (κ1) is 13.9. The average molecular weight is 290 g/mol. The summed E-state index contributed by atoms with van der Waals surface area (Å²) in [5.41, 5.74) is 1.74. The van der Waals surface area contributed by atoms with Crippen molar-refractivity contribution in [1.82, 2.24) is 0 Å². The highest BCUT2D eigenvalue weighted by molar-refractivity contribution is 5.98. The van der Waals surface area contributed by atoms with Crippen LogP contribution in [0.1, 0.15) is 23.2 Å². The highest BCUT2D eigenvalue weighted by Gasteiger charge is 2.24. The van der Waals surface area contributed by atoms with Gasteiger partial charge in [-0.1, -0.05) is 0 Å². The van der Waals surface area contributed by atoms with Gasteiger partial charge in [0.05, 0.1) is 18.8 Å². The molecule has 2 aliphatic heterocycles. The van der Waals surface area contributed by atoms with Gasteiger partial charge in [-0.3, -0.25) is 4.79 Å². The van der Waals surface area contributed by atoms with Crippen molar-refractivity contribution in [3.8, 4) is 0 Å². The predicted molar refractivity (Wildman–Crippen MR) is 78.0 cm³/mol. The van der Waals surface area contributed by atoms with Crippen LogP contribution < -0.4 is 9.80 Å². The normalized spacial score (nSPS) is 19.1. The van der Waals surface area contributed by atoms with Gasteiger partial charge in [0.2, 0.25) is 5.91 Å². The standard InChI is InChI=1S/C15H18N2O4/c18-14-2-1-3-17(14)13-9-11(15(19)20)8-12(10-13)16-4-6-21-7-5-16/h8-10H,1-7H2,(H,19,20). The maximum atomic E-state index is 11.9. The van der Waals surface area contributed by atoms with Gasteiger partial charge in [0.15, 0.2) is 0 Å². The van der Waals surface area contributed by atoms with Crippen LogP contribution in [-0.2, 0) is 9.53 Å². The second-order valence-electron chi connectivity index (χ2n) is 5.29. The number of carbonyl (C=O) groups excluding carboxylic acids is 1. The summed E-state index contributed by atoms with van der Waals surface area (Å²) in [6.45, 7) is 3.39. The Labute approximate surface area is 122 Å². The molecule has 6 heteroatoms. The minimum absolute atomic E-state index is 0.0606. The number of carboxylic acid groups (broad SMARTS) is 1. The fourth-order valence-electron chi connectivity index (χ4n) is 2.80. The second kappa shape index (κ2) is 5.73. The summed E-state index contributed by atoms with van der Waals surface area (Å²) in [5, 5.41) is 9.29. The van der Waals surface area contributed by atoms with E-state index < -0.39 is 5.97 Å². The van der Waals surface area contributed by atoms with Crippen molar-refractivity contribution in [3.05, 3.63) is 23.8 Å². The zero-order valence-corrected chi connectivity index (χ0v) is 11.7. The summed E-state index contributed by atoms with van der Waals surface area (Å²) in [6.07, 6.45) is 1.35. The third kappa shape index (κ3) is 2.85. The molecule has 0 radical (unpaired) electrons. The van der Waals surface area contributed by atoms with E-state index in [2.05, 4.69) is 4.90 Å². The largest absolute Gasteiger partial charge is 0.478 e. The van der Waals surface area contributed by atoms with E-state index in [0.29, 0.717) is 31.9 Å². The maximum Gasteiger partial charge on any atom is 0.335 e. The molecule has 0 atom stereocenters. The highest BCUT2D eigenvalue weighted by Crippen LogP contribution is 2.29. The lowest BCUT2D eigenvalue weighted by Crippen LogP contribution is -2.36. The molecule has 2 saturated heterocycles. The third-order valence-electron chi connectivity index (χ3n) is 3.91. The molecule has 0 bridgehead atoms. The van der Waals surface area contributed by atoms with E-state index in [1.54, 1.807) is 17.0 Å². The number of morpholine rings is 1. The Balaban J connectivity index is 1.97. The molecule has 0 spiro atoms. The summed E-state index contributed by atoms with van der Waals surface area (Å²) in [6, 6.07) is 5.15. The first-order valence-corrected chi connectivity index (χ1v) is 7.16. The number of nitrogens with zero attached hydrogens (tertiary/aromatic N) is 2. The molecule has 1 N–H and O–H groups in total.